The van der Waals surface area contributed by atoms with Gasteiger partial charge in [0.2, 0.25) is 5.95 Å². The molecule has 3 heterocycles. The molecule has 0 amide bonds. The largest absolute Gasteiger partial charge is 0.506 e. The number of imidazole rings is 1. The summed E-state index contributed by atoms with van der Waals surface area (Å²) in [6, 6.07) is 10.2. The molecule has 9 heteroatoms. The third-order valence-electron chi connectivity index (χ3n) is 6.22. The number of likely N-dealkylation sites (tertiary alicyclic amines) is 1. The molecule has 1 aromatic carbocycles. The number of nitrogens with two attached hydrogens (primary N) is 1. The second-order valence-electron chi connectivity index (χ2n) is 8.64. The van der Waals surface area contributed by atoms with Crippen LogP contribution in [-0.4, -0.2) is 68.5 Å². The van der Waals surface area contributed by atoms with E-state index in [4.69, 9.17) is 10.7 Å². The average Bonchev–Trinajstić information content (AvgIpc) is 3.12. The van der Waals surface area contributed by atoms with Crippen LogP contribution in [0, 0.1) is 6.92 Å². The van der Waals surface area contributed by atoms with Crippen molar-refractivity contribution in [3.63, 3.8) is 0 Å². The number of pyridine rings is 1. The Morgan fingerprint density at radius 2 is 1.94 bits per heavy atom. The minimum atomic E-state index is 0. The van der Waals surface area contributed by atoms with E-state index in [-0.39, 0.29) is 24.8 Å². The average molecular weight is 475 g/mol. The van der Waals surface area contributed by atoms with Crippen LogP contribution in [0.5, 0.6) is 5.75 Å². The summed E-state index contributed by atoms with van der Waals surface area (Å²) in [7, 11) is 0. The number of fused-ring (bicyclic) bond motifs is 1. The topological polar surface area (TPSA) is 112 Å². The van der Waals surface area contributed by atoms with Gasteiger partial charge in [0.1, 0.15) is 11.4 Å². The van der Waals surface area contributed by atoms with Crippen molar-refractivity contribution >= 4 is 29.4 Å². The maximum Gasteiger partial charge on any atom is 0.204 e. The van der Waals surface area contributed by atoms with Crippen LogP contribution in [0.2, 0.25) is 0 Å². The first-order valence-corrected chi connectivity index (χ1v) is 11.5. The molecule has 3 aromatic rings. The molecule has 0 saturated carbocycles. The van der Waals surface area contributed by atoms with Gasteiger partial charge < -0.3 is 30.7 Å². The molecule has 8 nitrogen and oxygen atoms in total. The molecule has 0 aliphatic carbocycles. The molecule has 1 aliphatic heterocycles. The maximum absolute atomic E-state index is 10.4. The zero-order valence-electron chi connectivity index (χ0n) is 19.2. The lowest BCUT2D eigenvalue weighted by Gasteiger charge is -2.32. The molecule has 180 valence electrons. The van der Waals surface area contributed by atoms with Gasteiger partial charge in [-0.25, -0.2) is 4.98 Å². The quantitative estimate of drug-likeness (QED) is 0.377. The van der Waals surface area contributed by atoms with E-state index in [9.17, 15) is 10.2 Å². The lowest BCUT2D eigenvalue weighted by molar-refractivity contribution is 0.168. The summed E-state index contributed by atoms with van der Waals surface area (Å²) in [6.07, 6.45) is 3.87. The fraction of sp³-hybridized carbons (Fsp3) is 0.500. The summed E-state index contributed by atoms with van der Waals surface area (Å²) in [6.45, 7) is 5.89. The summed E-state index contributed by atoms with van der Waals surface area (Å²) < 4.78 is 2.13. The van der Waals surface area contributed by atoms with Gasteiger partial charge in [-0.05, 0) is 69.0 Å². The van der Waals surface area contributed by atoms with Gasteiger partial charge in [0, 0.05) is 31.4 Å². The molecule has 0 unspecified atom stereocenters. The number of hydrogen-bond donors (Lipinski definition) is 4. The third kappa shape index (κ3) is 6.14. The first kappa shape index (κ1) is 25.2. The SMILES string of the molecule is Cc1ccc(O)c(Cn2c(NC3CCN(CCO)CC3)nc3ccc(CCCN)cc32)n1.Cl. The second kappa shape index (κ2) is 11.7. The van der Waals surface area contributed by atoms with Crippen LogP contribution in [0.3, 0.4) is 0 Å². The predicted octanol–water partition coefficient (Wildman–Crippen LogP) is 2.68. The molecular weight excluding hydrogens is 440 g/mol. The molecule has 0 radical (unpaired) electrons. The lowest BCUT2D eigenvalue weighted by Crippen LogP contribution is -2.40. The molecule has 33 heavy (non-hydrogen) atoms. The van der Waals surface area contributed by atoms with Crippen LogP contribution < -0.4 is 11.1 Å². The van der Waals surface area contributed by atoms with Crippen LogP contribution >= 0.6 is 12.4 Å². The highest BCUT2D eigenvalue weighted by molar-refractivity contribution is 5.85. The number of β-amino-alcohol motifs (C(OH)–C–C–N with tert-alkyl or cyclic N) is 1. The molecule has 1 fully saturated rings. The van der Waals surface area contributed by atoms with E-state index in [0.29, 0.717) is 24.8 Å². The van der Waals surface area contributed by atoms with Crippen molar-refractivity contribution in [3.8, 4) is 5.75 Å². The van der Waals surface area contributed by atoms with Gasteiger partial charge in [0.15, 0.2) is 0 Å². The second-order valence-corrected chi connectivity index (χ2v) is 8.64. The number of rotatable bonds is 9. The molecule has 4 rings (SSSR count). The van der Waals surface area contributed by atoms with E-state index in [1.807, 2.05) is 13.0 Å². The highest BCUT2D eigenvalue weighted by Crippen LogP contribution is 2.27. The summed E-state index contributed by atoms with van der Waals surface area (Å²) in [5.41, 5.74) is 10.4. The minimum Gasteiger partial charge on any atom is -0.506 e. The number of nitrogens with one attached hydrogen (secondary N) is 1. The number of aliphatic hydroxyl groups excluding tert-OH is 1. The molecule has 1 saturated heterocycles. The van der Waals surface area contributed by atoms with E-state index >= 15 is 0 Å². The Hall–Kier alpha value is -2.39. The van der Waals surface area contributed by atoms with E-state index in [2.05, 4.69) is 38.0 Å². The van der Waals surface area contributed by atoms with Crippen molar-refractivity contribution in [2.24, 2.45) is 5.73 Å². The standard InChI is InChI=1S/C24H34N6O2.ClH/c1-17-4-7-23(32)21(26-17)16-30-22-15-18(3-2-10-25)5-6-20(22)28-24(30)27-19-8-11-29(12-9-19)13-14-31;/h4-7,15,19,31-32H,2-3,8-14,16,25H2,1H3,(H,27,28);1H. The van der Waals surface area contributed by atoms with Gasteiger partial charge >= 0.3 is 0 Å². The van der Waals surface area contributed by atoms with E-state index in [1.54, 1.807) is 6.07 Å². The van der Waals surface area contributed by atoms with Crippen LogP contribution in [0.1, 0.15) is 36.2 Å². The molecular formula is C24H35ClN6O2. The van der Waals surface area contributed by atoms with Crippen molar-refractivity contribution < 1.29 is 10.2 Å². The van der Waals surface area contributed by atoms with Crippen LogP contribution in [-0.2, 0) is 13.0 Å². The van der Waals surface area contributed by atoms with Gasteiger partial charge in [-0.15, -0.1) is 12.4 Å². The molecule has 1 aliphatic rings. The monoisotopic (exact) mass is 474 g/mol. The summed E-state index contributed by atoms with van der Waals surface area (Å²) >= 11 is 0. The van der Waals surface area contributed by atoms with Crippen LogP contribution in [0.25, 0.3) is 11.0 Å². The molecule has 5 N–H and O–H groups in total. The van der Waals surface area contributed by atoms with Crippen molar-refractivity contribution in [1.82, 2.24) is 19.4 Å². The lowest BCUT2D eigenvalue weighted by atomic mass is 10.1. The Labute approximate surface area is 201 Å². The number of hydrogen-bond acceptors (Lipinski definition) is 7. The third-order valence-corrected chi connectivity index (χ3v) is 6.22. The van der Waals surface area contributed by atoms with Gasteiger partial charge in [0.25, 0.3) is 0 Å². The fourth-order valence-electron chi connectivity index (χ4n) is 4.39. The van der Waals surface area contributed by atoms with Crippen molar-refractivity contribution in [3.05, 3.63) is 47.3 Å². The number of benzene rings is 1. The summed E-state index contributed by atoms with van der Waals surface area (Å²) in [5, 5.41) is 23.3. The number of halogens is 1. The molecule has 0 bridgehead atoms. The molecule has 2 aromatic heterocycles. The van der Waals surface area contributed by atoms with Crippen molar-refractivity contribution in [2.75, 3.05) is 38.1 Å². The Bertz CT molecular complexity index is 1050. The van der Waals surface area contributed by atoms with Gasteiger partial charge in [-0.3, -0.25) is 4.98 Å². The van der Waals surface area contributed by atoms with Crippen LogP contribution in [0.15, 0.2) is 30.3 Å². The number of aliphatic hydroxyl groups is 1. The fourth-order valence-corrected chi connectivity index (χ4v) is 4.39. The number of piperidine rings is 1. The van der Waals surface area contributed by atoms with E-state index in [1.165, 1.54) is 5.56 Å². The molecule has 0 spiro atoms. The number of nitrogens with zero attached hydrogens (tertiary/aromatic N) is 4. The zero-order valence-corrected chi connectivity index (χ0v) is 20.0. The smallest absolute Gasteiger partial charge is 0.204 e. The Balaban J connectivity index is 0.00000306. The predicted molar refractivity (Wildman–Crippen MR) is 134 cm³/mol. The van der Waals surface area contributed by atoms with Crippen LogP contribution in [0.4, 0.5) is 5.95 Å². The van der Waals surface area contributed by atoms with Crippen molar-refractivity contribution in [1.29, 1.82) is 0 Å². The number of anilines is 1. The maximum atomic E-state index is 10.4. The molecule has 0 atom stereocenters. The van der Waals surface area contributed by atoms with Gasteiger partial charge in [0.05, 0.1) is 24.2 Å². The first-order valence-electron chi connectivity index (χ1n) is 11.5. The Morgan fingerprint density at radius 3 is 2.67 bits per heavy atom. The zero-order chi connectivity index (χ0) is 22.5. The Kier molecular flexibility index (Phi) is 8.91. The van der Waals surface area contributed by atoms with E-state index < -0.39 is 0 Å². The highest BCUT2D eigenvalue weighted by atomic mass is 35.5. The first-order chi connectivity index (χ1) is 15.6. The number of aromatic nitrogens is 3. The van der Waals surface area contributed by atoms with Crippen molar-refractivity contribution in [2.45, 2.75) is 45.2 Å². The summed E-state index contributed by atoms with van der Waals surface area (Å²) in [4.78, 5) is 11.8. The number of aromatic hydroxyl groups is 1. The number of aryl methyl sites for hydroxylation is 2. The minimum absolute atomic E-state index is 0. The Morgan fingerprint density at radius 1 is 1.15 bits per heavy atom. The van der Waals surface area contributed by atoms with E-state index in [0.717, 1.165) is 68.0 Å². The van der Waals surface area contributed by atoms with Gasteiger partial charge in [-0.2, -0.15) is 0 Å². The van der Waals surface area contributed by atoms with Gasteiger partial charge in [-0.1, -0.05) is 6.07 Å². The summed E-state index contributed by atoms with van der Waals surface area (Å²) in [5.74, 6) is 0.999. The normalized spacial score (nSPS) is 15.0. The highest BCUT2D eigenvalue weighted by Gasteiger charge is 2.22.